The van der Waals surface area contributed by atoms with Gasteiger partial charge in [-0.15, -0.1) is 11.4 Å². The van der Waals surface area contributed by atoms with Crippen LogP contribution in [0.3, 0.4) is 0 Å². The van der Waals surface area contributed by atoms with Crippen molar-refractivity contribution in [3.05, 3.63) is 71.8 Å². The van der Waals surface area contributed by atoms with Gasteiger partial charge >= 0.3 is 19.5 Å². The first-order chi connectivity index (χ1) is 9.16. The molecule has 0 aromatic heterocycles. The third-order valence-corrected chi connectivity index (χ3v) is 6.61. The largest absolute Gasteiger partial charge is 1.00 e. The van der Waals surface area contributed by atoms with E-state index in [2.05, 4.69) is 0 Å². The molecule has 0 saturated carbocycles. The predicted octanol–water partition coefficient (Wildman–Crippen LogP) is 3.72. The summed E-state index contributed by atoms with van der Waals surface area (Å²) in [5.74, 6) is 0.608. The molecule has 1 radical (unpaired) electrons. The van der Waals surface area contributed by atoms with Gasteiger partial charge in [-0.05, 0) is 11.1 Å². The summed E-state index contributed by atoms with van der Waals surface area (Å²) in [6, 6.07) is 19.5. The van der Waals surface area contributed by atoms with Gasteiger partial charge < -0.3 is 9.42 Å². The van der Waals surface area contributed by atoms with E-state index in [1.165, 1.54) is 11.4 Å². The van der Waals surface area contributed by atoms with Crippen LogP contribution in [-0.2, 0) is 48.2 Å². The van der Waals surface area contributed by atoms with Crippen molar-refractivity contribution in [1.82, 2.24) is 0 Å². The molecule has 0 aliphatic carbocycles. The Balaban J connectivity index is 0.00000200. The van der Waals surface area contributed by atoms with Crippen molar-refractivity contribution < 1.29 is 28.9 Å². The van der Waals surface area contributed by atoms with Gasteiger partial charge in [0.25, 0.3) is 0 Å². The molecule has 2 aromatic rings. The zero-order valence-electron chi connectivity index (χ0n) is 11.0. The normalized spacial score (nSPS) is 13.2. The molecule has 0 spiro atoms. The fourth-order valence-corrected chi connectivity index (χ4v) is 4.31. The average Bonchev–Trinajstić information content (AvgIpc) is 2.46. The second kappa shape index (κ2) is 9.09. The van der Waals surface area contributed by atoms with Crippen LogP contribution in [0, 0.1) is 0 Å². The van der Waals surface area contributed by atoms with E-state index in [1.54, 1.807) is 0 Å². The van der Waals surface area contributed by atoms with Crippen molar-refractivity contribution in [3.63, 3.8) is 0 Å². The van der Waals surface area contributed by atoms with E-state index in [4.69, 9.17) is 16.3 Å². The predicted molar refractivity (Wildman–Crippen MR) is 83.3 cm³/mol. The van der Waals surface area contributed by atoms with Crippen molar-refractivity contribution in [1.29, 1.82) is 0 Å². The van der Waals surface area contributed by atoms with Crippen LogP contribution < -0.4 is 4.89 Å². The summed E-state index contributed by atoms with van der Waals surface area (Å²) in [6.07, 6.45) is 0. The monoisotopic (exact) mass is 373 g/mol. The van der Waals surface area contributed by atoms with Gasteiger partial charge in [-0.2, -0.15) is 0 Å². The van der Waals surface area contributed by atoms with E-state index in [9.17, 15) is 4.89 Å². The molecule has 1 unspecified atom stereocenters. The Morgan fingerprint density at radius 2 is 1.45 bits per heavy atom. The van der Waals surface area contributed by atoms with Gasteiger partial charge in [-0.3, -0.25) is 0 Å². The van der Waals surface area contributed by atoms with E-state index in [-0.39, 0.29) is 19.5 Å². The van der Waals surface area contributed by atoms with Crippen LogP contribution in [0.5, 0.6) is 0 Å². The van der Waals surface area contributed by atoms with Crippen LogP contribution >= 0.6 is 17.1 Å². The van der Waals surface area contributed by atoms with E-state index in [0.29, 0.717) is 12.4 Å². The van der Waals surface area contributed by atoms with E-state index in [0.717, 1.165) is 11.1 Å². The van der Waals surface area contributed by atoms with Gasteiger partial charge in [-0.1, -0.05) is 72.5 Å². The molecule has 6 heteroatoms. The van der Waals surface area contributed by atoms with Crippen LogP contribution in [0.2, 0.25) is 0 Å². The first-order valence-electron chi connectivity index (χ1n) is 5.84. The van der Waals surface area contributed by atoms with Gasteiger partial charge in [0.05, 0.1) is 6.61 Å². The number of hydrogen-bond donors (Lipinski definition) is 0. The molecule has 101 valence electrons. The van der Waals surface area contributed by atoms with Gasteiger partial charge in [0.1, 0.15) is 0 Å². The quantitative estimate of drug-likeness (QED) is 0.570. The summed E-state index contributed by atoms with van der Waals surface area (Å²) < 4.78 is 5.37. The van der Waals surface area contributed by atoms with Gasteiger partial charge in [0, 0.05) is 11.4 Å². The van der Waals surface area contributed by atoms with E-state index < -0.39 is 5.69 Å². The smallest absolute Gasteiger partial charge is 0.793 e. The molecule has 20 heavy (non-hydrogen) atoms. The Morgan fingerprint density at radius 3 is 2.00 bits per heavy atom. The molecule has 0 fully saturated rings. The second-order valence-corrected chi connectivity index (χ2v) is 10.0. The van der Waals surface area contributed by atoms with Crippen LogP contribution in [0.4, 0.5) is 0 Å². The molecule has 0 heterocycles. The third-order valence-electron chi connectivity index (χ3n) is 2.46. The fraction of sp³-hybridized carbons (Fsp3) is 0.143. The summed E-state index contributed by atoms with van der Waals surface area (Å²) in [7, 11) is 0. The maximum absolute atomic E-state index is 12.1. The van der Waals surface area contributed by atoms with Crippen LogP contribution in [0.25, 0.3) is 0 Å². The molecule has 0 saturated heterocycles. The van der Waals surface area contributed by atoms with Crippen molar-refractivity contribution in [3.8, 4) is 0 Å². The summed E-state index contributed by atoms with van der Waals surface area (Å²) in [6.45, 7) is 0.295. The van der Waals surface area contributed by atoms with Gasteiger partial charge in [0.2, 0.25) is 0 Å². The minimum absolute atomic E-state index is 0. The first kappa shape index (κ1) is 18.0. The molecule has 0 amide bonds. The van der Waals surface area contributed by atoms with Crippen molar-refractivity contribution in [2.75, 3.05) is 0 Å². The maximum atomic E-state index is 12.1. The molecule has 2 nitrogen and oxygen atoms in total. The summed E-state index contributed by atoms with van der Waals surface area (Å²) in [5.41, 5.74) is -0.946. The first-order valence-corrected chi connectivity index (χ1v) is 10.1. The molecular weight excluding hydrogens is 361 g/mol. The Labute approximate surface area is 141 Å². The van der Waals surface area contributed by atoms with E-state index >= 15 is 0 Å². The van der Waals surface area contributed by atoms with Crippen molar-refractivity contribution in [2.45, 2.75) is 12.4 Å². The van der Waals surface area contributed by atoms with Crippen molar-refractivity contribution >= 4 is 28.9 Å². The van der Waals surface area contributed by atoms with Crippen LogP contribution in [0.15, 0.2) is 60.7 Å². The van der Waals surface area contributed by atoms with E-state index in [1.807, 2.05) is 60.7 Å². The SMILES string of the molecule is [O-]P(=S)(OCc1ccccc1)SCc1ccccc1.[Zn+]. The summed E-state index contributed by atoms with van der Waals surface area (Å²) >= 11 is 6.24. The number of hydrogen-bond acceptors (Lipinski definition) is 4. The van der Waals surface area contributed by atoms with Gasteiger partial charge in [0.15, 0.2) is 0 Å². The van der Waals surface area contributed by atoms with Gasteiger partial charge in [-0.25, -0.2) is 0 Å². The molecule has 0 bridgehead atoms. The molecule has 2 aromatic carbocycles. The Kier molecular flexibility index (Phi) is 8.20. The molecule has 1 atom stereocenters. The average molecular weight is 375 g/mol. The van der Waals surface area contributed by atoms with Crippen molar-refractivity contribution in [2.24, 2.45) is 0 Å². The Morgan fingerprint density at radius 1 is 0.950 bits per heavy atom. The minimum Gasteiger partial charge on any atom is -0.793 e. The van der Waals surface area contributed by atoms with Crippen LogP contribution in [0.1, 0.15) is 11.1 Å². The summed E-state index contributed by atoms with van der Waals surface area (Å²) in [4.78, 5) is 12.1. The molecule has 2 rings (SSSR count). The zero-order chi connectivity index (χ0) is 13.6. The maximum Gasteiger partial charge on any atom is 1.00 e. The molecule has 0 N–H and O–H groups in total. The topological polar surface area (TPSA) is 32.3 Å². The fourth-order valence-electron chi connectivity index (χ4n) is 1.49. The molecule has 0 aliphatic rings. The number of rotatable bonds is 6. The minimum atomic E-state index is -3.02. The standard InChI is InChI=1S/C14H15O2PS2.Zn/c15-17(18,16-11-13-7-3-1-4-8-13)19-12-14-9-5-2-6-10-14;/h1-10H,11-12H2,(H,15,18);/q;+1/p-1. The molecular formula is C14H14O2PS2Zn. The number of benzene rings is 2. The third kappa shape index (κ3) is 6.62. The summed E-state index contributed by atoms with van der Waals surface area (Å²) in [5, 5.41) is 0. The molecule has 0 aliphatic heterocycles. The Bertz CT molecular complexity index is 504. The van der Waals surface area contributed by atoms with Crippen LogP contribution in [-0.4, -0.2) is 0 Å². The Hall–Kier alpha value is -0.0166. The second-order valence-electron chi connectivity index (χ2n) is 3.97. The zero-order valence-corrected chi connectivity index (χ0v) is 16.5.